The zero-order valence-electron chi connectivity index (χ0n) is 14.8. The fourth-order valence-electron chi connectivity index (χ4n) is 2.72. The van der Waals surface area contributed by atoms with Crippen molar-refractivity contribution in [2.45, 2.75) is 71.1 Å². The molecular formula is C18H28. The molecule has 1 aromatic rings. The van der Waals surface area contributed by atoms with Crippen molar-refractivity contribution in [3.05, 3.63) is 35.4 Å². The van der Waals surface area contributed by atoms with Gasteiger partial charge in [0.25, 0.3) is 0 Å². The Kier molecular flexibility index (Phi) is 3.90. The topological polar surface area (TPSA) is 0 Å². The molecule has 1 saturated carbocycles. The van der Waals surface area contributed by atoms with Gasteiger partial charge < -0.3 is 0 Å². The largest absolute Gasteiger partial charge is 0.0654 e. The van der Waals surface area contributed by atoms with E-state index in [-0.39, 0.29) is 12.3 Å². The van der Waals surface area contributed by atoms with Gasteiger partial charge in [0, 0.05) is 4.11 Å². The Bertz CT molecular complexity index is 438. The number of hydrogen-bond donors (Lipinski definition) is 0. The summed E-state index contributed by atoms with van der Waals surface area (Å²) in [4.78, 5) is 0. The first-order valence-electron chi connectivity index (χ1n) is 9.00. The standard InChI is InChI=1S/C18H28/c1-3-4-5-6-16-9-13-18(14-10-16)17-11-7-15(2)8-12-17/h7-8,11-12,16,18H,3-6,9-10,13-14H2,1-2H3/t16-,18?/i13D,14D2/t13-,16-,18?/m1/s1. The van der Waals surface area contributed by atoms with E-state index < -0.39 is 6.37 Å². The molecule has 0 saturated heterocycles. The Hall–Kier alpha value is -0.780. The van der Waals surface area contributed by atoms with Gasteiger partial charge in [0.2, 0.25) is 0 Å². The van der Waals surface area contributed by atoms with Crippen LogP contribution in [0.2, 0.25) is 0 Å². The SMILES string of the molecule is [2H][C@@H]1C[C@@H](CCCCC)CC([2H])([2H])C1c1ccc(C)cc1. The van der Waals surface area contributed by atoms with Crippen molar-refractivity contribution in [2.75, 3.05) is 0 Å². The summed E-state index contributed by atoms with van der Waals surface area (Å²) in [7, 11) is 0. The molecule has 2 rings (SSSR count). The van der Waals surface area contributed by atoms with Gasteiger partial charge in [-0.1, -0.05) is 62.4 Å². The highest BCUT2D eigenvalue weighted by Gasteiger charge is 2.21. The first-order chi connectivity index (χ1) is 9.94. The van der Waals surface area contributed by atoms with Gasteiger partial charge in [0.1, 0.15) is 0 Å². The number of unbranched alkanes of at least 4 members (excludes halogenated alkanes) is 2. The number of hydrogen-bond acceptors (Lipinski definition) is 0. The van der Waals surface area contributed by atoms with E-state index in [4.69, 9.17) is 4.11 Å². The Morgan fingerprint density at radius 3 is 2.61 bits per heavy atom. The molecule has 0 heteroatoms. The Morgan fingerprint density at radius 1 is 1.17 bits per heavy atom. The number of aryl methyl sites for hydroxylation is 1. The van der Waals surface area contributed by atoms with E-state index >= 15 is 0 Å². The van der Waals surface area contributed by atoms with Crippen molar-refractivity contribution < 1.29 is 4.11 Å². The smallest absolute Gasteiger partial charge is 0.0273 e. The van der Waals surface area contributed by atoms with Crippen LogP contribution in [-0.4, -0.2) is 0 Å². The molecule has 0 N–H and O–H groups in total. The average Bonchev–Trinajstić information content (AvgIpc) is 2.40. The lowest BCUT2D eigenvalue weighted by atomic mass is 9.77. The van der Waals surface area contributed by atoms with Crippen LogP contribution in [0.5, 0.6) is 0 Å². The van der Waals surface area contributed by atoms with E-state index in [1.54, 1.807) is 0 Å². The maximum atomic E-state index is 8.46. The molecule has 1 aliphatic carbocycles. The van der Waals surface area contributed by atoms with E-state index in [9.17, 15) is 0 Å². The molecule has 0 heterocycles. The molecule has 1 fully saturated rings. The predicted molar refractivity (Wildman–Crippen MR) is 80.0 cm³/mol. The van der Waals surface area contributed by atoms with Crippen LogP contribution >= 0.6 is 0 Å². The van der Waals surface area contributed by atoms with Crippen molar-refractivity contribution in [2.24, 2.45) is 5.92 Å². The molecule has 1 unspecified atom stereocenters. The van der Waals surface area contributed by atoms with Crippen LogP contribution in [0, 0.1) is 12.8 Å². The predicted octanol–water partition coefficient (Wildman–Crippen LogP) is 5.85. The summed E-state index contributed by atoms with van der Waals surface area (Å²) in [5, 5.41) is 0. The zero-order chi connectivity index (χ0) is 15.5. The summed E-state index contributed by atoms with van der Waals surface area (Å²) < 4.78 is 25.4. The molecule has 100 valence electrons. The summed E-state index contributed by atoms with van der Waals surface area (Å²) in [6.07, 6.45) is 4.59. The lowest BCUT2D eigenvalue weighted by Gasteiger charge is -2.29. The van der Waals surface area contributed by atoms with Crippen LogP contribution in [0.3, 0.4) is 0 Å². The van der Waals surface area contributed by atoms with E-state index in [1.807, 2.05) is 31.2 Å². The van der Waals surface area contributed by atoms with Gasteiger partial charge in [0.05, 0.1) is 0 Å². The molecule has 1 aromatic carbocycles. The van der Waals surface area contributed by atoms with Crippen LogP contribution in [0.1, 0.15) is 79.4 Å². The van der Waals surface area contributed by atoms with Gasteiger partial charge in [-0.15, -0.1) is 0 Å². The van der Waals surface area contributed by atoms with Crippen LogP contribution in [0.15, 0.2) is 24.3 Å². The maximum Gasteiger partial charge on any atom is 0.0273 e. The molecule has 0 nitrogen and oxygen atoms in total. The first-order valence-corrected chi connectivity index (χ1v) is 7.43. The minimum absolute atomic E-state index is 0.277. The van der Waals surface area contributed by atoms with Crippen LogP contribution in [0.4, 0.5) is 0 Å². The second kappa shape index (κ2) is 6.97. The van der Waals surface area contributed by atoms with Crippen molar-refractivity contribution >= 4 is 0 Å². The Balaban J connectivity index is 2.08. The van der Waals surface area contributed by atoms with Crippen LogP contribution in [0.25, 0.3) is 0 Å². The number of benzene rings is 1. The minimum Gasteiger partial charge on any atom is -0.0654 e. The molecular weight excluding hydrogens is 216 g/mol. The third-order valence-electron chi connectivity index (χ3n) is 3.98. The highest BCUT2D eigenvalue weighted by atomic mass is 14.3. The maximum absolute atomic E-state index is 8.46. The summed E-state index contributed by atoms with van der Waals surface area (Å²) >= 11 is 0. The normalized spacial score (nSPS) is 33.4. The van der Waals surface area contributed by atoms with Gasteiger partial charge in [-0.25, -0.2) is 0 Å². The molecule has 1 aliphatic rings. The lowest BCUT2D eigenvalue weighted by molar-refractivity contribution is 0.303. The van der Waals surface area contributed by atoms with E-state index in [1.165, 1.54) is 24.8 Å². The summed E-state index contributed by atoms with van der Waals surface area (Å²) in [6, 6.07) is 8.09. The molecule has 0 aromatic heterocycles. The van der Waals surface area contributed by atoms with Crippen molar-refractivity contribution in [1.82, 2.24) is 0 Å². The minimum atomic E-state index is -1.25. The highest BCUT2D eigenvalue weighted by Crippen LogP contribution is 2.37. The molecule has 0 amide bonds. The monoisotopic (exact) mass is 247 g/mol. The fourth-order valence-corrected chi connectivity index (χ4v) is 2.72. The molecule has 18 heavy (non-hydrogen) atoms. The zero-order valence-corrected chi connectivity index (χ0v) is 11.8. The van der Waals surface area contributed by atoms with Crippen LogP contribution < -0.4 is 0 Å². The second-order valence-electron chi connectivity index (χ2n) is 5.63. The van der Waals surface area contributed by atoms with Gasteiger partial charge >= 0.3 is 0 Å². The second-order valence-corrected chi connectivity index (χ2v) is 5.63. The third kappa shape index (κ3) is 3.86. The van der Waals surface area contributed by atoms with Gasteiger partial charge in [-0.3, -0.25) is 0 Å². The summed E-state index contributed by atoms with van der Waals surface area (Å²) in [6.45, 7) is 4.24. The lowest BCUT2D eigenvalue weighted by Crippen LogP contribution is -2.13. The van der Waals surface area contributed by atoms with Crippen molar-refractivity contribution in [3.63, 3.8) is 0 Å². The molecule has 0 spiro atoms. The Morgan fingerprint density at radius 2 is 1.94 bits per heavy atom. The van der Waals surface area contributed by atoms with Crippen molar-refractivity contribution in [1.29, 1.82) is 0 Å². The summed E-state index contributed by atoms with van der Waals surface area (Å²) in [5.41, 5.74) is 2.19. The van der Waals surface area contributed by atoms with Gasteiger partial charge in [0.15, 0.2) is 0 Å². The van der Waals surface area contributed by atoms with E-state index in [0.29, 0.717) is 12.3 Å². The highest BCUT2D eigenvalue weighted by molar-refractivity contribution is 5.24. The fraction of sp³-hybridized carbons (Fsp3) is 0.667. The number of rotatable bonds is 5. The van der Waals surface area contributed by atoms with Crippen LogP contribution in [-0.2, 0) is 0 Å². The van der Waals surface area contributed by atoms with Gasteiger partial charge in [-0.05, 0) is 49.9 Å². The molecule has 0 aliphatic heterocycles. The van der Waals surface area contributed by atoms with E-state index in [0.717, 1.165) is 18.4 Å². The Labute approximate surface area is 117 Å². The average molecular weight is 247 g/mol. The molecule has 0 bridgehead atoms. The quantitative estimate of drug-likeness (QED) is 0.573. The van der Waals surface area contributed by atoms with E-state index in [2.05, 4.69) is 6.92 Å². The van der Waals surface area contributed by atoms with Gasteiger partial charge in [-0.2, -0.15) is 0 Å². The summed E-state index contributed by atoms with van der Waals surface area (Å²) in [5.74, 6) is 0.108. The first kappa shape index (κ1) is 10.1. The third-order valence-corrected chi connectivity index (χ3v) is 3.98. The van der Waals surface area contributed by atoms with Crippen molar-refractivity contribution in [3.8, 4) is 0 Å². The molecule has 3 atom stereocenters. The molecule has 0 radical (unpaired) electrons.